The smallest absolute Gasteiger partial charge is 0.222 e. The number of nitrogens with zero attached hydrogens (tertiary/aromatic N) is 1. The molecule has 0 saturated carbocycles. The van der Waals surface area contributed by atoms with Crippen molar-refractivity contribution in [1.82, 2.24) is 5.32 Å². The minimum absolute atomic E-state index is 0.0133. The minimum atomic E-state index is -3.19. The third-order valence-corrected chi connectivity index (χ3v) is 4.19. The van der Waals surface area contributed by atoms with Gasteiger partial charge in [-0.2, -0.15) is 5.26 Å². The molecular formula is C16H22N2O3S. The van der Waals surface area contributed by atoms with E-state index in [0.717, 1.165) is 11.8 Å². The molecule has 22 heavy (non-hydrogen) atoms. The topological polar surface area (TPSA) is 87.0 Å². The molecule has 0 spiro atoms. The van der Waals surface area contributed by atoms with Crippen molar-refractivity contribution in [3.63, 3.8) is 0 Å². The van der Waals surface area contributed by atoms with E-state index in [1.807, 2.05) is 30.3 Å². The van der Waals surface area contributed by atoms with Crippen LogP contribution in [-0.4, -0.2) is 26.3 Å². The summed E-state index contributed by atoms with van der Waals surface area (Å²) in [6.45, 7) is 6.28. The zero-order chi connectivity index (χ0) is 17.0. The van der Waals surface area contributed by atoms with Crippen LogP contribution in [0.3, 0.4) is 0 Å². The fraction of sp³-hybridized carbons (Fsp3) is 0.500. The van der Waals surface area contributed by atoms with Crippen molar-refractivity contribution in [3.05, 3.63) is 35.4 Å². The lowest BCUT2D eigenvalue weighted by Crippen LogP contribution is -2.29. The molecule has 0 aliphatic rings. The molecule has 0 aromatic heterocycles. The van der Waals surface area contributed by atoms with E-state index in [2.05, 4.69) is 26.1 Å². The highest BCUT2D eigenvalue weighted by Crippen LogP contribution is 2.23. The number of hydrogen-bond donors (Lipinski definition) is 1. The van der Waals surface area contributed by atoms with Gasteiger partial charge in [0.15, 0.2) is 0 Å². The number of benzene rings is 1. The third kappa shape index (κ3) is 5.86. The summed E-state index contributed by atoms with van der Waals surface area (Å²) in [5, 5.41) is 11.8. The molecule has 0 aliphatic carbocycles. The highest BCUT2D eigenvalue weighted by Gasteiger charge is 2.17. The number of nitriles is 1. The summed E-state index contributed by atoms with van der Waals surface area (Å²) in [6, 6.07) is 8.73. The van der Waals surface area contributed by atoms with Gasteiger partial charge < -0.3 is 5.32 Å². The lowest BCUT2D eigenvalue weighted by molar-refractivity contribution is -0.121. The van der Waals surface area contributed by atoms with Gasteiger partial charge in [-0.15, -0.1) is 0 Å². The zero-order valence-electron chi connectivity index (χ0n) is 13.4. The van der Waals surface area contributed by atoms with E-state index >= 15 is 0 Å². The Labute approximate surface area is 132 Å². The van der Waals surface area contributed by atoms with Crippen LogP contribution in [0, 0.1) is 11.3 Å². The standard InChI is InChI=1S/C16H22N2O3S/c1-16(2,3)13-7-5-12(6-8-13)14(11-17)18-15(19)9-10-22(4,20)21/h5-8,14H,9-10H2,1-4H3,(H,18,19)/t14-/m1/s1. The highest BCUT2D eigenvalue weighted by molar-refractivity contribution is 7.90. The van der Waals surface area contributed by atoms with E-state index in [4.69, 9.17) is 0 Å². The Kier molecular flexibility index (Phi) is 5.72. The van der Waals surface area contributed by atoms with E-state index < -0.39 is 21.8 Å². The Balaban J connectivity index is 2.76. The monoisotopic (exact) mass is 322 g/mol. The maximum absolute atomic E-state index is 11.7. The Morgan fingerprint density at radius 2 is 1.82 bits per heavy atom. The van der Waals surface area contributed by atoms with Crippen molar-refractivity contribution in [2.24, 2.45) is 0 Å². The van der Waals surface area contributed by atoms with Crippen LogP contribution in [0.1, 0.15) is 44.4 Å². The van der Waals surface area contributed by atoms with Gasteiger partial charge in [0.2, 0.25) is 5.91 Å². The van der Waals surface area contributed by atoms with Crippen molar-refractivity contribution in [2.75, 3.05) is 12.0 Å². The molecule has 1 aromatic carbocycles. The lowest BCUT2D eigenvalue weighted by Gasteiger charge is -2.20. The largest absolute Gasteiger partial charge is 0.337 e. The molecule has 0 heterocycles. The second-order valence-corrected chi connectivity index (χ2v) is 8.64. The van der Waals surface area contributed by atoms with Crippen LogP contribution >= 0.6 is 0 Å². The number of carbonyl (C=O) groups is 1. The fourth-order valence-electron chi connectivity index (χ4n) is 1.88. The maximum atomic E-state index is 11.7. The second kappa shape index (κ2) is 6.93. The zero-order valence-corrected chi connectivity index (χ0v) is 14.2. The van der Waals surface area contributed by atoms with Gasteiger partial charge in [0, 0.05) is 12.7 Å². The minimum Gasteiger partial charge on any atom is -0.337 e. The number of hydrogen-bond acceptors (Lipinski definition) is 4. The molecule has 0 saturated heterocycles. The van der Waals surface area contributed by atoms with Crippen LogP contribution in [0.2, 0.25) is 0 Å². The number of sulfone groups is 1. The van der Waals surface area contributed by atoms with Gasteiger partial charge in [-0.25, -0.2) is 8.42 Å². The van der Waals surface area contributed by atoms with E-state index in [-0.39, 0.29) is 17.6 Å². The van der Waals surface area contributed by atoms with Crippen LogP contribution in [0.25, 0.3) is 0 Å². The molecule has 0 aliphatic heterocycles. The molecule has 0 unspecified atom stereocenters. The normalized spacial score (nSPS) is 13.2. The average Bonchev–Trinajstić information content (AvgIpc) is 2.41. The summed E-state index contributed by atoms with van der Waals surface area (Å²) in [7, 11) is -3.19. The summed E-state index contributed by atoms with van der Waals surface area (Å²) in [5.74, 6) is -0.670. The Morgan fingerprint density at radius 1 is 1.27 bits per heavy atom. The Hall–Kier alpha value is -1.87. The van der Waals surface area contributed by atoms with E-state index in [1.54, 1.807) is 0 Å². The molecular weight excluding hydrogens is 300 g/mol. The highest BCUT2D eigenvalue weighted by atomic mass is 32.2. The van der Waals surface area contributed by atoms with Crippen LogP contribution in [-0.2, 0) is 20.0 Å². The number of rotatable bonds is 5. The van der Waals surface area contributed by atoms with Gasteiger partial charge in [-0.05, 0) is 16.5 Å². The summed E-state index contributed by atoms with van der Waals surface area (Å²) >= 11 is 0. The van der Waals surface area contributed by atoms with Gasteiger partial charge in [-0.1, -0.05) is 45.0 Å². The summed E-state index contributed by atoms with van der Waals surface area (Å²) < 4.78 is 22.1. The van der Waals surface area contributed by atoms with Crippen LogP contribution in [0.15, 0.2) is 24.3 Å². The fourth-order valence-corrected chi connectivity index (χ4v) is 2.43. The quantitative estimate of drug-likeness (QED) is 0.899. The van der Waals surface area contributed by atoms with Gasteiger partial charge in [-0.3, -0.25) is 4.79 Å². The van der Waals surface area contributed by atoms with Crippen molar-refractivity contribution in [1.29, 1.82) is 5.26 Å². The maximum Gasteiger partial charge on any atom is 0.222 e. The summed E-state index contributed by atoms with van der Waals surface area (Å²) in [4.78, 5) is 11.7. The average molecular weight is 322 g/mol. The molecule has 1 N–H and O–H groups in total. The summed E-state index contributed by atoms with van der Waals surface area (Å²) in [6.07, 6.45) is 0.935. The number of amides is 1. The first-order valence-electron chi connectivity index (χ1n) is 7.00. The van der Waals surface area contributed by atoms with Gasteiger partial charge >= 0.3 is 0 Å². The van der Waals surface area contributed by atoms with Crippen LogP contribution in [0.4, 0.5) is 0 Å². The third-order valence-electron chi connectivity index (χ3n) is 3.24. The van der Waals surface area contributed by atoms with Crippen molar-refractivity contribution in [3.8, 4) is 6.07 Å². The molecule has 1 aromatic rings. The molecule has 6 heteroatoms. The first-order valence-corrected chi connectivity index (χ1v) is 9.06. The van der Waals surface area contributed by atoms with E-state index in [1.165, 1.54) is 0 Å². The van der Waals surface area contributed by atoms with Crippen LogP contribution in [0.5, 0.6) is 0 Å². The Morgan fingerprint density at radius 3 is 2.23 bits per heavy atom. The van der Waals surface area contributed by atoms with Crippen molar-refractivity contribution >= 4 is 15.7 Å². The number of nitrogens with one attached hydrogen (secondary N) is 1. The first-order chi connectivity index (χ1) is 10.0. The summed E-state index contributed by atoms with van der Waals surface area (Å²) in [5.41, 5.74) is 1.83. The van der Waals surface area contributed by atoms with Gasteiger partial charge in [0.05, 0.1) is 11.8 Å². The van der Waals surface area contributed by atoms with Gasteiger partial charge in [0.25, 0.3) is 0 Å². The van der Waals surface area contributed by atoms with Crippen molar-refractivity contribution in [2.45, 2.75) is 38.6 Å². The molecule has 1 rings (SSSR count). The second-order valence-electron chi connectivity index (χ2n) is 6.38. The predicted molar refractivity (Wildman–Crippen MR) is 86.0 cm³/mol. The molecule has 120 valence electrons. The predicted octanol–water partition coefficient (Wildman–Crippen LogP) is 2.10. The van der Waals surface area contributed by atoms with Crippen LogP contribution < -0.4 is 5.32 Å². The number of carbonyl (C=O) groups excluding carboxylic acids is 1. The van der Waals surface area contributed by atoms with E-state index in [9.17, 15) is 18.5 Å². The first kappa shape index (κ1) is 18.2. The molecule has 5 nitrogen and oxygen atoms in total. The molecule has 0 bridgehead atoms. The SMILES string of the molecule is CC(C)(C)c1ccc([C@@H](C#N)NC(=O)CCS(C)(=O)=O)cc1. The van der Waals surface area contributed by atoms with Gasteiger partial charge in [0.1, 0.15) is 15.9 Å². The lowest BCUT2D eigenvalue weighted by atomic mass is 9.86. The molecule has 1 atom stereocenters. The Bertz CT molecular complexity index is 665. The van der Waals surface area contributed by atoms with E-state index in [0.29, 0.717) is 5.56 Å². The molecule has 0 fully saturated rings. The molecule has 0 radical (unpaired) electrons. The van der Waals surface area contributed by atoms with Crippen molar-refractivity contribution < 1.29 is 13.2 Å². The molecule has 1 amide bonds.